The fourth-order valence-corrected chi connectivity index (χ4v) is 4.46. The number of carbonyl (C=O) groups is 2. The van der Waals surface area contributed by atoms with Crippen LogP contribution in [0, 0.1) is 0 Å². The van der Waals surface area contributed by atoms with Crippen LogP contribution in [-0.2, 0) is 16.0 Å². The van der Waals surface area contributed by atoms with Crippen LogP contribution in [0.15, 0.2) is 42.9 Å². The molecule has 2 aromatic rings. The number of likely N-dealkylation sites (N-methyl/N-ethyl adjacent to an activating group) is 1. The topological polar surface area (TPSA) is 84.9 Å². The van der Waals surface area contributed by atoms with E-state index in [9.17, 15) is 9.59 Å². The lowest BCUT2D eigenvalue weighted by atomic mass is 9.91. The van der Waals surface area contributed by atoms with Crippen LogP contribution >= 0.6 is 0 Å². The molecule has 3 heterocycles. The van der Waals surface area contributed by atoms with E-state index in [1.54, 1.807) is 22.1 Å². The molecule has 1 unspecified atom stereocenters. The molecular weight excluding hydrogens is 408 g/mol. The number of benzene rings is 1. The normalized spacial score (nSPS) is 22.5. The number of morpholine rings is 1. The second kappa shape index (κ2) is 10.1. The quantitative estimate of drug-likeness (QED) is 0.716. The molecule has 8 heteroatoms. The van der Waals surface area contributed by atoms with Crippen molar-refractivity contribution >= 4 is 11.8 Å². The van der Waals surface area contributed by atoms with Crippen LogP contribution in [-0.4, -0.2) is 76.6 Å². The van der Waals surface area contributed by atoms with E-state index in [2.05, 4.69) is 16.0 Å². The fourth-order valence-electron chi connectivity index (χ4n) is 4.46. The highest BCUT2D eigenvalue weighted by atomic mass is 16.5. The average molecular weight is 439 g/mol. The molecule has 0 N–H and O–H groups in total. The molecule has 170 valence electrons. The molecule has 2 aliphatic rings. The van der Waals surface area contributed by atoms with Crippen molar-refractivity contribution in [3.05, 3.63) is 54.1 Å². The minimum absolute atomic E-state index is 0.0716. The highest BCUT2D eigenvalue weighted by Gasteiger charge is 2.46. The second-order valence-corrected chi connectivity index (χ2v) is 8.21. The predicted molar refractivity (Wildman–Crippen MR) is 118 cm³/mol. The van der Waals surface area contributed by atoms with Crippen LogP contribution in [0.4, 0.5) is 0 Å². The molecule has 2 amide bonds. The minimum Gasteiger partial charge on any atom is -0.491 e. The van der Waals surface area contributed by atoms with Gasteiger partial charge in [-0.05, 0) is 50.3 Å². The molecule has 1 saturated heterocycles. The van der Waals surface area contributed by atoms with Gasteiger partial charge in [0.05, 0.1) is 19.7 Å². The number of rotatable bonds is 2. The minimum atomic E-state index is -1.05. The lowest BCUT2D eigenvalue weighted by Gasteiger charge is -2.44. The monoisotopic (exact) mass is 438 g/mol. The van der Waals surface area contributed by atoms with E-state index < -0.39 is 5.60 Å². The van der Waals surface area contributed by atoms with Crippen LogP contribution in [0.2, 0.25) is 0 Å². The van der Waals surface area contributed by atoms with Gasteiger partial charge < -0.3 is 19.3 Å². The van der Waals surface area contributed by atoms with Crippen molar-refractivity contribution < 1.29 is 19.1 Å². The third kappa shape index (κ3) is 4.75. The summed E-state index contributed by atoms with van der Waals surface area (Å²) in [6.07, 6.45) is 6.08. The number of hydrogen-bond acceptors (Lipinski definition) is 6. The SMILES string of the molecule is CCN1CCOc2ccccc2CCCCC2(CN(C(=O)c3ccncn3)CCO2)C1=O. The first kappa shape index (κ1) is 22.2. The Morgan fingerprint density at radius 2 is 2.03 bits per heavy atom. The number of hydrogen-bond donors (Lipinski definition) is 0. The summed E-state index contributed by atoms with van der Waals surface area (Å²) in [5, 5.41) is 0. The van der Waals surface area contributed by atoms with E-state index in [0.29, 0.717) is 45.0 Å². The van der Waals surface area contributed by atoms with Gasteiger partial charge in [0.15, 0.2) is 5.60 Å². The molecular formula is C24H30N4O4. The number of fused-ring (bicyclic) bond motifs is 1. The van der Waals surface area contributed by atoms with Gasteiger partial charge in [-0.15, -0.1) is 0 Å². The molecule has 1 aromatic heterocycles. The van der Waals surface area contributed by atoms with E-state index in [1.165, 1.54) is 11.9 Å². The molecule has 4 rings (SSSR count). The summed E-state index contributed by atoms with van der Waals surface area (Å²) in [6, 6.07) is 9.68. The maximum atomic E-state index is 13.7. The van der Waals surface area contributed by atoms with Crippen molar-refractivity contribution in [2.75, 3.05) is 39.4 Å². The van der Waals surface area contributed by atoms with E-state index >= 15 is 0 Å². The summed E-state index contributed by atoms with van der Waals surface area (Å²) in [5.41, 5.74) is 0.465. The zero-order valence-electron chi connectivity index (χ0n) is 18.5. The molecule has 1 atom stereocenters. The average Bonchev–Trinajstić information content (AvgIpc) is 2.84. The number of amides is 2. The third-order valence-corrected chi connectivity index (χ3v) is 6.20. The van der Waals surface area contributed by atoms with Crippen LogP contribution in [0.3, 0.4) is 0 Å². The zero-order valence-corrected chi connectivity index (χ0v) is 18.5. The Morgan fingerprint density at radius 1 is 1.16 bits per heavy atom. The van der Waals surface area contributed by atoms with E-state index in [1.807, 2.05) is 25.1 Å². The summed E-state index contributed by atoms with van der Waals surface area (Å²) < 4.78 is 12.2. The maximum Gasteiger partial charge on any atom is 0.272 e. The standard InChI is InChI=1S/C24H30N4O4/c1-2-27-13-15-31-21-9-4-3-7-19(21)8-5-6-11-24(23(27)30)17-28(14-16-32-24)22(29)20-10-12-25-18-26-20/h3-4,7,9-10,12,18H,2,5-6,8,11,13-17H2,1H3. The maximum absolute atomic E-state index is 13.7. The first-order valence-corrected chi connectivity index (χ1v) is 11.3. The molecule has 1 spiro atoms. The first-order valence-electron chi connectivity index (χ1n) is 11.3. The molecule has 8 nitrogen and oxygen atoms in total. The Kier molecular flexibility index (Phi) is 6.99. The molecule has 2 aliphatic heterocycles. The Hall–Kier alpha value is -3.00. The van der Waals surface area contributed by atoms with Gasteiger partial charge in [0, 0.05) is 19.3 Å². The third-order valence-electron chi connectivity index (χ3n) is 6.20. The molecule has 0 bridgehead atoms. The van der Waals surface area contributed by atoms with Crippen molar-refractivity contribution in [3.8, 4) is 5.75 Å². The Labute approximate surface area is 188 Å². The highest BCUT2D eigenvalue weighted by molar-refractivity contribution is 5.93. The molecule has 32 heavy (non-hydrogen) atoms. The molecule has 0 saturated carbocycles. The van der Waals surface area contributed by atoms with Gasteiger partial charge in [-0.3, -0.25) is 9.59 Å². The summed E-state index contributed by atoms with van der Waals surface area (Å²) >= 11 is 0. The Bertz CT molecular complexity index is 939. The van der Waals surface area contributed by atoms with Gasteiger partial charge in [-0.25, -0.2) is 9.97 Å². The van der Waals surface area contributed by atoms with Gasteiger partial charge in [-0.2, -0.15) is 0 Å². The molecule has 0 radical (unpaired) electrons. The van der Waals surface area contributed by atoms with Crippen molar-refractivity contribution in [2.45, 2.75) is 38.2 Å². The Balaban J connectivity index is 1.56. The van der Waals surface area contributed by atoms with Crippen molar-refractivity contribution in [2.24, 2.45) is 0 Å². The van der Waals surface area contributed by atoms with E-state index in [4.69, 9.17) is 9.47 Å². The van der Waals surface area contributed by atoms with E-state index in [0.717, 1.165) is 25.0 Å². The van der Waals surface area contributed by atoms with Crippen LogP contribution < -0.4 is 4.74 Å². The fraction of sp³-hybridized carbons (Fsp3) is 0.500. The van der Waals surface area contributed by atoms with Crippen molar-refractivity contribution in [1.82, 2.24) is 19.8 Å². The van der Waals surface area contributed by atoms with Crippen molar-refractivity contribution in [1.29, 1.82) is 0 Å². The number of para-hydroxylation sites is 1. The lowest BCUT2D eigenvalue weighted by Crippen LogP contribution is -2.62. The Morgan fingerprint density at radius 3 is 2.84 bits per heavy atom. The molecule has 0 aliphatic carbocycles. The summed E-state index contributed by atoms with van der Waals surface area (Å²) in [4.78, 5) is 38.2. The number of aryl methyl sites for hydroxylation is 1. The van der Waals surface area contributed by atoms with Gasteiger partial charge in [0.2, 0.25) is 0 Å². The summed E-state index contributed by atoms with van der Waals surface area (Å²) in [7, 11) is 0. The van der Waals surface area contributed by atoms with Gasteiger partial charge in [-0.1, -0.05) is 18.2 Å². The largest absolute Gasteiger partial charge is 0.491 e. The highest BCUT2D eigenvalue weighted by Crippen LogP contribution is 2.30. The van der Waals surface area contributed by atoms with E-state index in [-0.39, 0.29) is 18.4 Å². The van der Waals surface area contributed by atoms with Crippen LogP contribution in [0.25, 0.3) is 0 Å². The lowest BCUT2D eigenvalue weighted by molar-refractivity contribution is -0.170. The predicted octanol–water partition coefficient (Wildman–Crippen LogP) is 2.34. The van der Waals surface area contributed by atoms with Gasteiger partial charge in [0.25, 0.3) is 11.8 Å². The smallest absolute Gasteiger partial charge is 0.272 e. The first-order chi connectivity index (χ1) is 15.6. The second-order valence-electron chi connectivity index (χ2n) is 8.21. The van der Waals surface area contributed by atoms with Gasteiger partial charge >= 0.3 is 0 Å². The molecule has 1 aromatic carbocycles. The summed E-state index contributed by atoms with van der Waals surface area (Å²) in [6.45, 7) is 4.36. The summed E-state index contributed by atoms with van der Waals surface area (Å²) in [5.74, 6) is 0.619. The number of aromatic nitrogens is 2. The number of nitrogens with zero attached hydrogens (tertiary/aromatic N) is 4. The van der Waals surface area contributed by atoms with Crippen LogP contribution in [0.1, 0.15) is 42.2 Å². The number of carbonyl (C=O) groups excluding carboxylic acids is 2. The van der Waals surface area contributed by atoms with Crippen molar-refractivity contribution in [3.63, 3.8) is 0 Å². The molecule has 1 fully saturated rings. The number of ether oxygens (including phenoxy) is 2. The zero-order chi connectivity index (χ0) is 22.4. The van der Waals surface area contributed by atoms with Gasteiger partial charge in [0.1, 0.15) is 24.4 Å². The van der Waals surface area contributed by atoms with Crippen LogP contribution in [0.5, 0.6) is 5.75 Å².